The summed E-state index contributed by atoms with van der Waals surface area (Å²) in [5, 5.41) is 4.21. The molecule has 1 fully saturated rings. The largest absolute Gasteiger partial charge is 0.493 e. The molecule has 5 rings (SSSR count). The standard InChI is InChI=1S/C24H26N2O4/c1-23(2,3)20-10-14-9-16(5-6-17(14)26-20)25-22(27)24(7-8-24)15-11-18(28-4)21-19(12-15)29-13-30-21/h5-6,9-12,26H,7-8,13H2,1-4H3,(H,25,27). The molecule has 6 heteroatoms. The fourth-order valence-corrected chi connectivity index (χ4v) is 4.04. The lowest BCUT2D eigenvalue weighted by molar-refractivity contribution is -0.118. The lowest BCUT2D eigenvalue weighted by Gasteiger charge is -2.17. The maximum atomic E-state index is 13.3. The lowest BCUT2D eigenvalue weighted by Crippen LogP contribution is -2.27. The maximum absolute atomic E-state index is 13.3. The Kier molecular flexibility index (Phi) is 4.04. The van der Waals surface area contributed by atoms with Crippen molar-refractivity contribution in [3.05, 3.63) is 47.7 Å². The summed E-state index contributed by atoms with van der Waals surface area (Å²) in [5.74, 6) is 1.83. The first-order chi connectivity index (χ1) is 14.3. The first-order valence-corrected chi connectivity index (χ1v) is 10.2. The van der Waals surface area contributed by atoms with E-state index >= 15 is 0 Å². The van der Waals surface area contributed by atoms with Gasteiger partial charge in [0, 0.05) is 27.7 Å². The normalized spacial score (nSPS) is 16.5. The van der Waals surface area contributed by atoms with Crippen molar-refractivity contribution in [2.24, 2.45) is 0 Å². The van der Waals surface area contributed by atoms with Crippen LogP contribution in [0.4, 0.5) is 5.69 Å². The van der Waals surface area contributed by atoms with Gasteiger partial charge in [0.2, 0.25) is 18.4 Å². The van der Waals surface area contributed by atoms with Crippen LogP contribution >= 0.6 is 0 Å². The number of H-pyrrole nitrogens is 1. The summed E-state index contributed by atoms with van der Waals surface area (Å²) >= 11 is 0. The van der Waals surface area contributed by atoms with Crippen LogP contribution in [0, 0.1) is 0 Å². The number of aromatic nitrogens is 1. The Morgan fingerprint density at radius 1 is 1.13 bits per heavy atom. The molecular weight excluding hydrogens is 380 g/mol. The van der Waals surface area contributed by atoms with Crippen LogP contribution in [0.1, 0.15) is 44.9 Å². The predicted molar refractivity (Wildman–Crippen MR) is 116 cm³/mol. The number of carbonyl (C=O) groups is 1. The summed E-state index contributed by atoms with van der Waals surface area (Å²) in [6.07, 6.45) is 1.59. The number of hydrogen-bond donors (Lipinski definition) is 2. The van der Waals surface area contributed by atoms with Crippen molar-refractivity contribution in [2.75, 3.05) is 19.2 Å². The number of hydrogen-bond acceptors (Lipinski definition) is 4. The zero-order valence-electron chi connectivity index (χ0n) is 17.7. The van der Waals surface area contributed by atoms with Crippen molar-refractivity contribution in [1.29, 1.82) is 0 Å². The predicted octanol–water partition coefficient (Wildman–Crippen LogP) is 4.87. The fraction of sp³-hybridized carbons (Fsp3) is 0.375. The van der Waals surface area contributed by atoms with Gasteiger partial charge in [-0.2, -0.15) is 0 Å². The highest BCUT2D eigenvalue weighted by molar-refractivity contribution is 6.02. The van der Waals surface area contributed by atoms with Gasteiger partial charge in [-0.3, -0.25) is 4.79 Å². The molecule has 2 aliphatic rings. The van der Waals surface area contributed by atoms with Crippen LogP contribution in [-0.2, 0) is 15.6 Å². The minimum atomic E-state index is -0.558. The molecule has 1 aliphatic carbocycles. The van der Waals surface area contributed by atoms with Crippen LogP contribution in [0.3, 0.4) is 0 Å². The third-order valence-corrected chi connectivity index (χ3v) is 6.08. The smallest absolute Gasteiger partial charge is 0.235 e. The van der Waals surface area contributed by atoms with E-state index in [0.717, 1.165) is 35.0 Å². The van der Waals surface area contributed by atoms with Gasteiger partial charge in [0.05, 0.1) is 12.5 Å². The Bertz CT molecular complexity index is 1150. The first kappa shape index (κ1) is 18.9. The monoisotopic (exact) mass is 406 g/mol. The van der Waals surface area contributed by atoms with Gasteiger partial charge < -0.3 is 24.5 Å². The number of carbonyl (C=O) groups excluding carboxylic acids is 1. The Labute approximate surface area is 175 Å². The van der Waals surface area contributed by atoms with Crippen molar-refractivity contribution in [3.63, 3.8) is 0 Å². The molecule has 2 heterocycles. The number of rotatable bonds is 4. The van der Waals surface area contributed by atoms with E-state index in [9.17, 15) is 4.79 Å². The third-order valence-electron chi connectivity index (χ3n) is 6.08. The fourth-order valence-electron chi connectivity index (χ4n) is 4.04. The van der Waals surface area contributed by atoms with E-state index < -0.39 is 5.41 Å². The van der Waals surface area contributed by atoms with E-state index in [-0.39, 0.29) is 18.1 Å². The molecule has 6 nitrogen and oxygen atoms in total. The van der Waals surface area contributed by atoms with Gasteiger partial charge in [-0.15, -0.1) is 0 Å². The number of aromatic amines is 1. The van der Waals surface area contributed by atoms with Crippen molar-refractivity contribution < 1.29 is 19.0 Å². The maximum Gasteiger partial charge on any atom is 0.235 e. The summed E-state index contributed by atoms with van der Waals surface area (Å²) < 4.78 is 16.5. The van der Waals surface area contributed by atoms with Crippen molar-refractivity contribution in [2.45, 2.75) is 44.4 Å². The van der Waals surface area contributed by atoms with Crippen molar-refractivity contribution in [1.82, 2.24) is 4.98 Å². The minimum absolute atomic E-state index is 0.00523. The van der Waals surface area contributed by atoms with E-state index in [1.807, 2.05) is 30.3 Å². The van der Waals surface area contributed by atoms with Gasteiger partial charge >= 0.3 is 0 Å². The molecule has 0 saturated heterocycles. The van der Waals surface area contributed by atoms with E-state index in [1.165, 1.54) is 5.69 Å². The molecule has 2 N–H and O–H groups in total. The molecule has 1 aliphatic heterocycles. The van der Waals surface area contributed by atoms with E-state index in [0.29, 0.717) is 17.2 Å². The average Bonchev–Trinajstić information content (AvgIpc) is 3.18. The summed E-state index contributed by atoms with van der Waals surface area (Å²) in [4.78, 5) is 16.7. The quantitative estimate of drug-likeness (QED) is 0.648. The average molecular weight is 406 g/mol. The number of fused-ring (bicyclic) bond motifs is 2. The Morgan fingerprint density at radius 2 is 1.93 bits per heavy atom. The Morgan fingerprint density at radius 3 is 2.63 bits per heavy atom. The molecule has 156 valence electrons. The molecule has 1 aromatic heterocycles. The van der Waals surface area contributed by atoms with Crippen LogP contribution in [0.15, 0.2) is 36.4 Å². The summed E-state index contributed by atoms with van der Waals surface area (Å²) in [7, 11) is 1.60. The highest BCUT2D eigenvalue weighted by Crippen LogP contribution is 2.53. The SMILES string of the molecule is COc1cc(C2(C(=O)Nc3ccc4[nH]c(C(C)(C)C)cc4c3)CC2)cc2c1OCO2. The molecule has 0 bridgehead atoms. The zero-order chi connectivity index (χ0) is 21.1. The summed E-state index contributed by atoms with van der Waals surface area (Å²) in [6.45, 7) is 6.70. The van der Waals surface area contributed by atoms with Crippen molar-refractivity contribution >= 4 is 22.5 Å². The van der Waals surface area contributed by atoms with E-state index in [2.05, 4.69) is 37.1 Å². The third kappa shape index (κ3) is 2.98. The number of nitrogens with one attached hydrogen (secondary N) is 2. The zero-order valence-corrected chi connectivity index (χ0v) is 17.7. The number of methoxy groups -OCH3 is 1. The van der Waals surface area contributed by atoms with E-state index in [4.69, 9.17) is 14.2 Å². The molecule has 3 aromatic rings. The number of benzene rings is 2. The van der Waals surface area contributed by atoms with Gasteiger partial charge in [-0.25, -0.2) is 0 Å². The van der Waals surface area contributed by atoms with Crippen LogP contribution in [0.5, 0.6) is 17.2 Å². The summed E-state index contributed by atoms with van der Waals surface area (Å²) in [6, 6.07) is 11.9. The van der Waals surface area contributed by atoms with Gasteiger partial charge in [-0.1, -0.05) is 20.8 Å². The first-order valence-electron chi connectivity index (χ1n) is 10.2. The Hall–Kier alpha value is -3.15. The van der Waals surface area contributed by atoms with Crippen molar-refractivity contribution in [3.8, 4) is 17.2 Å². The van der Waals surface area contributed by atoms with Gasteiger partial charge in [-0.05, 0) is 54.8 Å². The minimum Gasteiger partial charge on any atom is -0.493 e. The molecular formula is C24H26N2O4. The molecule has 0 radical (unpaired) electrons. The van der Waals surface area contributed by atoms with Gasteiger partial charge in [0.25, 0.3) is 0 Å². The van der Waals surface area contributed by atoms with Crippen LogP contribution < -0.4 is 19.5 Å². The molecule has 1 saturated carbocycles. The number of ether oxygens (including phenoxy) is 3. The van der Waals surface area contributed by atoms with Crippen LogP contribution in [0.2, 0.25) is 0 Å². The van der Waals surface area contributed by atoms with Crippen LogP contribution in [-0.4, -0.2) is 24.8 Å². The highest BCUT2D eigenvalue weighted by atomic mass is 16.7. The molecule has 0 atom stereocenters. The second-order valence-corrected chi connectivity index (χ2v) is 9.18. The number of amides is 1. The molecule has 0 unspecified atom stereocenters. The summed E-state index contributed by atoms with van der Waals surface area (Å²) in [5.41, 5.74) is 3.42. The second-order valence-electron chi connectivity index (χ2n) is 9.18. The highest BCUT2D eigenvalue weighted by Gasteiger charge is 2.52. The molecule has 1 amide bonds. The lowest BCUT2D eigenvalue weighted by atomic mass is 9.92. The topological polar surface area (TPSA) is 72.6 Å². The van der Waals surface area contributed by atoms with Gasteiger partial charge in [0.15, 0.2) is 11.5 Å². The number of anilines is 1. The molecule has 0 spiro atoms. The molecule has 30 heavy (non-hydrogen) atoms. The van der Waals surface area contributed by atoms with Gasteiger partial charge in [0.1, 0.15) is 0 Å². The molecule has 2 aromatic carbocycles. The van der Waals surface area contributed by atoms with Crippen LogP contribution in [0.25, 0.3) is 10.9 Å². The van der Waals surface area contributed by atoms with E-state index in [1.54, 1.807) is 7.11 Å². The Balaban J connectivity index is 1.43. The second kappa shape index (κ2) is 6.42.